The Kier molecular flexibility index (Phi) is 5.18. The monoisotopic (exact) mass is 287 g/mol. The van der Waals surface area contributed by atoms with Gasteiger partial charge in [-0.25, -0.2) is 0 Å². The van der Waals surface area contributed by atoms with E-state index >= 15 is 0 Å². The smallest absolute Gasteiger partial charge is 0.246 e. The van der Waals surface area contributed by atoms with Gasteiger partial charge in [-0.1, -0.05) is 45.0 Å². The van der Waals surface area contributed by atoms with Crippen molar-refractivity contribution in [3.8, 4) is 0 Å². The number of carbonyl (C=O) groups excluding carboxylic acids is 1. The average Bonchev–Trinajstić information content (AvgIpc) is 2.48. The summed E-state index contributed by atoms with van der Waals surface area (Å²) in [4.78, 5) is 14.0. The van der Waals surface area contributed by atoms with E-state index in [2.05, 4.69) is 26.0 Å². The Hall–Kier alpha value is -1.61. The number of aliphatic hydroxyl groups excluding tert-OH is 1. The summed E-state index contributed by atoms with van der Waals surface area (Å²) in [6, 6.07) is 8.30. The van der Waals surface area contributed by atoms with Gasteiger partial charge in [0, 0.05) is 19.2 Å². The molecule has 0 aromatic heterocycles. The molecule has 1 heterocycles. The highest BCUT2D eigenvalue weighted by Crippen LogP contribution is 2.18. The molecule has 0 spiro atoms. The van der Waals surface area contributed by atoms with Crippen LogP contribution in [-0.2, 0) is 4.79 Å². The molecule has 0 bridgehead atoms. The highest BCUT2D eigenvalue weighted by atomic mass is 16.3. The molecule has 2 atom stereocenters. The molecule has 1 amide bonds. The number of likely N-dealkylation sites (tertiary alicyclic amines) is 1. The zero-order valence-electron chi connectivity index (χ0n) is 13.1. The van der Waals surface area contributed by atoms with Gasteiger partial charge in [-0.3, -0.25) is 4.79 Å². The molecule has 1 aromatic rings. The first-order valence-electron chi connectivity index (χ1n) is 7.72. The lowest BCUT2D eigenvalue weighted by Gasteiger charge is -2.33. The van der Waals surface area contributed by atoms with Gasteiger partial charge in [0.2, 0.25) is 5.91 Å². The van der Waals surface area contributed by atoms with Crippen molar-refractivity contribution in [3.63, 3.8) is 0 Å². The number of aliphatic hydroxyl groups is 1. The lowest BCUT2D eigenvalue weighted by molar-refractivity contribution is -0.129. The fourth-order valence-corrected chi connectivity index (χ4v) is 2.60. The topological polar surface area (TPSA) is 40.5 Å². The van der Waals surface area contributed by atoms with Gasteiger partial charge < -0.3 is 10.0 Å². The SMILES string of the molecule is CC(C)c1ccc(/C=C/C(=O)N2CCC(O)C(C)C2)cc1. The van der Waals surface area contributed by atoms with Crippen LogP contribution in [-0.4, -0.2) is 35.1 Å². The van der Waals surface area contributed by atoms with Crippen LogP contribution >= 0.6 is 0 Å². The number of carbonyl (C=O) groups is 1. The first kappa shape index (κ1) is 15.8. The molecule has 114 valence electrons. The van der Waals surface area contributed by atoms with Gasteiger partial charge in [-0.05, 0) is 35.5 Å². The number of amides is 1. The van der Waals surface area contributed by atoms with E-state index in [1.165, 1.54) is 5.56 Å². The summed E-state index contributed by atoms with van der Waals surface area (Å²) in [5.74, 6) is 0.703. The van der Waals surface area contributed by atoms with Crippen LogP contribution in [0.2, 0.25) is 0 Å². The lowest BCUT2D eigenvalue weighted by atomic mass is 9.96. The minimum atomic E-state index is -0.276. The summed E-state index contributed by atoms with van der Waals surface area (Å²) in [5, 5.41) is 9.70. The first-order chi connectivity index (χ1) is 9.97. The van der Waals surface area contributed by atoms with E-state index in [1.807, 2.05) is 30.0 Å². The van der Waals surface area contributed by atoms with Crippen LogP contribution in [0.4, 0.5) is 0 Å². The van der Waals surface area contributed by atoms with Gasteiger partial charge in [0.05, 0.1) is 6.10 Å². The van der Waals surface area contributed by atoms with Gasteiger partial charge >= 0.3 is 0 Å². The molecule has 1 aliphatic heterocycles. The third kappa shape index (κ3) is 4.18. The quantitative estimate of drug-likeness (QED) is 0.868. The minimum absolute atomic E-state index is 0.0293. The lowest BCUT2D eigenvalue weighted by Crippen LogP contribution is -2.44. The molecular formula is C18H25NO2. The highest BCUT2D eigenvalue weighted by molar-refractivity contribution is 5.91. The van der Waals surface area contributed by atoms with Gasteiger partial charge in [-0.2, -0.15) is 0 Å². The Labute approximate surface area is 127 Å². The van der Waals surface area contributed by atoms with Crippen LogP contribution in [0.5, 0.6) is 0 Å². The van der Waals surface area contributed by atoms with Crippen molar-refractivity contribution >= 4 is 12.0 Å². The van der Waals surface area contributed by atoms with Gasteiger partial charge in [0.25, 0.3) is 0 Å². The molecule has 1 N–H and O–H groups in total. The number of hydrogen-bond donors (Lipinski definition) is 1. The number of rotatable bonds is 3. The summed E-state index contributed by atoms with van der Waals surface area (Å²) in [5.41, 5.74) is 2.34. The first-order valence-corrected chi connectivity index (χ1v) is 7.72. The average molecular weight is 287 g/mol. The maximum Gasteiger partial charge on any atom is 0.246 e. The van der Waals surface area contributed by atoms with Crippen molar-refractivity contribution in [2.45, 2.75) is 39.2 Å². The van der Waals surface area contributed by atoms with E-state index in [-0.39, 0.29) is 17.9 Å². The second-order valence-electron chi connectivity index (χ2n) is 6.27. The van der Waals surface area contributed by atoms with Crippen molar-refractivity contribution in [1.82, 2.24) is 4.90 Å². The van der Waals surface area contributed by atoms with Crippen molar-refractivity contribution in [3.05, 3.63) is 41.5 Å². The van der Waals surface area contributed by atoms with E-state index in [9.17, 15) is 9.90 Å². The predicted octanol–water partition coefficient (Wildman–Crippen LogP) is 3.05. The molecule has 2 rings (SSSR count). The normalized spacial score (nSPS) is 23.0. The molecule has 3 heteroatoms. The molecule has 1 fully saturated rings. The molecule has 3 nitrogen and oxygen atoms in total. The molecule has 0 saturated carbocycles. The minimum Gasteiger partial charge on any atom is -0.393 e. The predicted molar refractivity (Wildman–Crippen MR) is 85.9 cm³/mol. The molecular weight excluding hydrogens is 262 g/mol. The van der Waals surface area contributed by atoms with Crippen LogP contribution in [0.1, 0.15) is 44.2 Å². The van der Waals surface area contributed by atoms with Crippen LogP contribution in [0.15, 0.2) is 30.3 Å². The zero-order valence-corrected chi connectivity index (χ0v) is 13.1. The molecule has 1 aromatic carbocycles. The van der Waals surface area contributed by atoms with Crippen molar-refractivity contribution in [2.75, 3.05) is 13.1 Å². The maximum atomic E-state index is 12.2. The van der Waals surface area contributed by atoms with E-state index in [4.69, 9.17) is 0 Å². The van der Waals surface area contributed by atoms with Crippen LogP contribution < -0.4 is 0 Å². The molecule has 1 aliphatic rings. The van der Waals surface area contributed by atoms with E-state index in [0.29, 0.717) is 25.4 Å². The Morgan fingerprint density at radius 1 is 1.33 bits per heavy atom. The fraction of sp³-hybridized carbons (Fsp3) is 0.500. The third-order valence-corrected chi connectivity index (χ3v) is 4.19. The van der Waals surface area contributed by atoms with Gasteiger partial charge in [0.1, 0.15) is 0 Å². The third-order valence-electron chi connectivity index (χ3n) is 4.19. The van der Waals surface area contributed by atoms with Crippen molar-refractivity contribution in [2.24, 2.45) is 5.92 Å². The Bertz CT molecular complexity index is 504. The summed E-state index contributed by atoms with van der Waals surface area (Å²) in [6.07, 6.45) is 3.89. The summed E-state index contributed by atoms with van der Waals surface area (Å²) >= 11 is 0. The maximum absolute atomic E-state index is 12.2. The van der Waals surface area contributed by atoms with Crippen molar-refractivity contribution in [1.29, 1.82) is 0 Å². The highest BCUT2D eigenvalue weighted by Gasteiger charge is 2.25. The molecule has 0 radical (unpaired) electrons. The Morgan fingerprint density at radius 3 is 2.57 bits per heavy atom. The van der Waals surface area contributed by atoms with E-state index < -0.39 is 0 Å². The molecule has 0 aliphatic carbocycles. The van der Waals surface area contributed by atoms with Gasteiger partial charge in [-0.15, -0.1) is 0 Å². The van der Waals surface area contributed by atoms with Crippen LogP contribution in [0, 0.1) is 5.92 Å². The number of hydrogen-bond acceptors (Lipinski definition) is 2. The zero-order chi connectivity index (χ0) is 15.4. The van der Waals surface area contributed by atoms with Crippen molar-refractivity contribution < 1.29 is 9.90 Å². The summed E-state index contributed by atoms with van der Waals surface area (Å²) < 4.78 is 0. The summed E-state index contributed by atoms with van der Waals surface area (Å²) in [6.45, 7) is 7.59. The Balaban J connectivity index is 1.95. The second-order valence-corrected chi connectivity index (χ2v) is 6.27. The van der Waals surface area contributed by atoms with E-state index in [1.54, 1.807) is 6.08 Å². The second kappa shape index (κ2) is 6.90. The number of nitrogens with zero attached hydrogens (tertiary/aromatic N) is 1. The molecule has 21 heavy (non-hydrogen) atoms. The number of benzene rings is 1. The van der Waals surface area contributed by atoms with Gasteiger partial charge in [0.15, 0.2) is 0 Å². The molecule has 1 saturated heterocycles. The number of piperidine rings is 1. The van der Waals surface area contributed by atoms with Crippen LogP contribution in [0.3, 0.4) is 0 Å². The Morgan fingerprint density at radius 2 is 2.00 bits per heavy atom. The molecule has 2 unspecified atom stereocenters. The van der Waals surface area contributed by atoms with E-state index in [0.717, 1.165) is 5.56 Å². The fourth-order valence-electron chi connectivity index (χ4n) is 2.60. The summed E-state index contributed by atoms with van der Waals surface area (Å²) in [7, 11) is 0. The van der Waals surface area contributed by atoms with Crippen LogP contribution in [0.25, 0.3) is 6.08 Å². The largest absolute Gasteiger partial charge is 0.393 e. The standard InChI is InChI=1S/C18H25NO2/c1-13(2)16-7-4-15(5-8-16)6-9-18(21)19-11-10-17(20)14(3)12-19/h4-9,13-14,17,20H,10-12H2,1-3H3/b9-6+.